The summed E-state index contributed by atoms with van der Waals surface area (Å²) in [6.07, 6.45) is 3.91. The van der Waals surface area contributed by atoms with E-state index in [1.165, 1.54) is 6.92 Å². The van der Waals surface area contributed by atoms with Crippen LogP contribution in [0.2, 0.25) is 0 Å². The number of ether oxygens (including phenoxy) is 1. The first kappa shape index (κ1) is 10.5. The largest absolute Gasteiger partial charge is 0.496 e. The van der Waals surface area contributed by atoms with Gasteiger partial charge in [0.15, 0.2) is 5.78 Å². The van der Waals surface area contributed by atoms with E-state index in [4.69, 9.17) is 4.74 Å². The molecule has 0 radical (unpaired) electrons. The lowest BCUT2D eigenvalue weighted by Crippen LogP contribution is -1.97. The van der Waals surface area contributed by atoms with Gasteiger partial charge in [-0.05, 0) is 31.5 Å². The summed E-state index contributed by atoms with van der Waals surface area (Å²) in [7, 11) is 1.57. The zero-order valence-electron chi connectivity index (χ0n) is 8.70. The van der Waals surface area contributed by atoms with E-state index >= 15 is 0 Å². The van der Waals surface area contributed by atoms with Crippen LogP contribution < -0.4 is 4.74 Å². The van der Waals surface area contributed by atoms with Gasteiger partial charge in [-0.3, -0.25) is 4.79 Å². The van der Waals surface area contributed by atoms with E-state index < -0.39 is 0 Å². The van der Waals surface area contributed by atoms with Gasteiger partial charge in [-0.1, -0.05) is 18.2 Å². The molecule has 0 aromatic heterocycles. The molecular formula is C12H14O2. The fraction of sp³-hybridized carbons (Fsp3) is 0.250. The first-order chi connectivity index (χ1) is 6.69. The van der Waals surface area contributed by atoms with Gasteiger partial charge in [0.2, 0.25) is 0 Å². The van der Waals surface area contributed by atoms with Crippen molar-refractivity contribution < 1.29 is 9.53 Å². The molecule has 1 aromatic carbocycles. The number of carbonyl (C=O) groups excluding carboxylic acids is 1. The number of benzene rings is 1. The highest BCUT2D eigenvalue weighted by Crippen LogP contribution is 2.21. The number of Topliss-reactive ketones (excluding diaryl/α,β-unsaturated/α-hetero) is 1. The fourth-order valence-corrected chi connectivity index (χ4v) is 1.29. The van der Waals surface area contributed by atoms with E-state index in [1.54, 1.807) is 13.2 Å². The van der Waals surface area contributed by atoms with Gasteiger partial charge in [-0.25, -0.2) is 0 Å². The first-order valence-electron chi connectivity index (χ1n) is 4.50. The average Bonchev–Trinajstić information content (AvgIpc) is 2.17. The highest BCUT2D eigenvalue weighted by molar-refractivity contribution is 5.97. The van der Waals surface area contributed by atoms with E-state index in [0.717, 1.165) is 5.56 Å². The maximum Gasteiger partial charge on any atom is 0.163 e. The van der Waals surface area contributed by atoms with E-state index in [-0.39, 0.29) is 5.78 Å². The topological polar surface area (TPSA) is 26.3 Å². The number of hydrogen-bond acceptors (Lipinski definition) is 2. The van der Waals surface area contributed by atoms with Crippen molar-refractivity contribution >= 4 is 11.9 Å². The zero-order chi connectivity index (χ0) is 10.6. The van der Waals surface area contributed by atoms with Gasteiger partial charge >= 0.3 is 0 Å². The molecule has 2 heteroatoms. The predicted octanol–water partition coefficient (Wildman–Crippen LogP) is 2.93. The standard InChI is InChI=1S/C12H14O2/c1-4-5-10-6-7-11(9(2)13)12(8-10)14-3/h4-8H,1-3H3/b5-4-. The van der Waals surface area contributed by atoms with Crippen molar-refractivity contribution in [3.8, 4) is 5.75 Å². The molecule has 0 aliphatic heterocycles. The van der Waals surface area contributed by atoms with Crippen LogP contribution in [-0.2, 0) is 0 Å². The monoisotopic (exact) mass is 190 g/mol. The van der Waals surface area contributed by atoms with Crippen molar-refractivity contribution in [3.05, 3.63) is 35.4 Å². The second-order valence-corrected chi connectivity index (χ2v) is 3.02. The maximum absolute atomic E-state index is 11.2. The van der Waals surface area contributed by atoms with Gasteiger partial charge in [0, 0.05) is 0 Å². The SMILES string of the molecule is C/C=C\c1ccc(C(C)=O)c(OC)c1. The summed E-state index contributed by atoms with van der Waals surface area (Å²) < 4.78 is 5.14. The van der Waals surface area contributed by atoms with Crippen molar-refractivity contribution in [3.63, 3.8) is 0 Å². The Bertz CT molecular complexity index is 365. The Morgan fingerprint density at radius 2 is 2.14 bits per heavy atom. The number of ketones is 1. The van der Waals surface area contributed by atoms with E-state index in [2.05, 4.69) is 0 Å². The van der Waals surface area contributed by atoms with Gasteiger partial charge in [0.1, 0.15) is 5.75 Å². The van der Waals surface area contributed by atoms with Crippen LogP contribution in [0.5, 0.6) is 5.75 Å². The van der Waals surface area contributed by atoms with Gasteiger partial charge in [-0.15, -0.1) is 0 Å². The fourth-order valence-electron chi connectivity index (χ4n) is 1.29. The molecule has 0 amide bonds. The third-order valence-corrected chi connectivity index (χ3v) is 1.96. The van der Waals surface area contributed by atoms with Gasteiger partial charge in [0.05, 0.1) is 12.7 Å². The van der Waals surface area contributed by atoms with E-state index in [0.29, 0.717) is 11.3 Å². The Balaban J connectivity index is 3.17. The van der Waals surface area contributed by atoms with Crippen LogP contribution in [-0.4, -0.2) is 12.9 Å². The Morgan fingerprint density at radius 3 is 2.64 bits per heavy atom. The molecule has 14 heavy (non-hydrogen) atoms. The second-order valence-electron chi connectivity index (χ2n) is 3.02. The smallest absolute Gasteiger partial charge is 0.163 e. The molecule has 2 nitrogen and oxygen atoms in total. The number of carbonyl (C=O) groups is 1. The lowest BCUT2D eigenvalue weighted by atomic mass is 10.1. The minimum Gasteiger partial charge on any atom is -0.496 e. The molecule has 0 N–H and O–H groups in total. The quantitative estimate of drug-likeness (QED) is 0.685. The van der Waals surface area contributed by atoms with Crippen molar-refractivity contribution in [2.75, 3.05) is 7.11 Å². The molecule has 0 aliphatic carbocycles. The van der Waals surface area contributed by atoms with Crippen LogP contribution >= 0.6 is 0 Å². The average molecular weight is 190 g/mol. The van der Waals surface area contributed by atoms with E-state index in [9.17, 15) is 4.79 Å². The number of rotatable bonds is 3. The number of methoxy groups -OCH3 is 1. The minimum absolute atomic E-state index is 0.0221. The van der Waals surface area contributed by atoms with Gasteiger partial charge < -0.3 is 4.74 Å². The first-order valence-corrected chi connectivity index (χ1v) is 4.50. The Labute approximate surface area is 84.2 Å². The molecule has 0 atom stereocenters. The molecule has 0 aliphatic rings. The minimum atomic E-state index is 0.0221. The van der Waals surface area contributed by atoms with Crippen LogP contribution in [0.15, 0.2) is 24.3 Å². The molecule has 1 rings (SSSR count). The van der Waals surface area contributed by atoms with Crippen molar-refractivity contribution in [1.29, 1.82) is 0 Å². The summed E-state index contributed by atoms with van der Waals surface area (Å²) in [5.41, 5.74) is 1.66. The third-order valence-electron chi connectivity index (χ3n) is 1.96. The molecule has 0 saturated carbocycles. The molecular weight excluding hydrogens is 176 g/mol. The number of hydrogen-bond donors (Lipinski definition) is 0. The molecule has 0 spiro atoms. The molecule has 74 valence electrons. The van der Waals surface area contributed by atoms with Gasteiger partial charge in [-0.2, -0.15) is 0 Å². The Morgan fingerprint density at radius 1 is 1.43 bits per heavy atom. The molecule has 0 unspecified atom stereocenters. The van der Waals surface area contributed by atoms with Crippen LogP contribution in [0.4, 0.5) is 0 Å². The predicted molar refractivity (Wildman–Crippen MR) is 57.7 cm³/mol. The normalized spacial score (nSPS) is 10.5. The molecule has 0 heterocycles. The van der Waals surface area contributed by atoms with Crippen molar-refractivity contribution in [2.24, 2.45) is 0 Å². The zero-order valence-corrected chi connectivity index (χ0v) is 8.70. The van der Waals surface area contributed by atoms with Crippen molar-refractivity contribution in [2.45, 2.75) is 13.8 Å². The van der Waals surface area contributed by atoms with Crippen LogP contribution in [0.1, 0.15) is 29.8 Å². The lowest BCUT2D eigenvalue weighted by molar-refractivity contribution is 0.101. The number of allylic oxidation sites excluding steroid dienone is 1. The van der Waals surface area contributed by atoms with Gasteiger partial charge in [0.25, 0.3) is 0 Å². The summed E-state index contributed by atoms with van der Waals surface area (Å²) in [5.74, 6) is 0.655. The summed E-state index contributed by atoms with van der Waals surface area (Å²) in [5, 5.41) is 0. The Hall–Kier alpha value is -1.57. The summed E-state index contributed by atoms with van der Waals surface area (Å²) >= 11 is 0. The Kier molecular flexibility index (Phi) is 3.46. The lowest BCUT2D eigenvalue weighted by Gasteiger charge is -2.06. The summed E-state index contributed by atoms with van der Waals surface area (Å²) in [6.45, 7) is 3.48. The second kappa shape index (κ2) is 4.61. The van der Waals surface area contributed by atoms with Crippen LogP contribution in [0.3, 0.4) is 0 Å². The molecule has 0 bridgehead atoms. The third kappa shape index (κ3) is 2.22. The van der Waals surface area contributed by atoms with E-state index in [1.807, 2.05) is 31.2 Å². The van der Waals surface area contributed by atoms with Crippen LogP contribution in [0, 0.1) is 0 Å². The molecule has 0 saturated heterocycles. The summed E-state index contributed by atoms with van der Waals surface area (Å²) in [4.78, 5) is 11.2. The molecule has 1 aromatic rings. The highest BCUT2D eigenvalue weighted by Gasteiger charge is 2.06. The maximum atomic E-state index is 11.2. The molecule has 0 fully saturated rings. The van der Waals surface area contributed by atoms with Crippen molar-refractivity contribution in [1.82, 2.24) is 0 Å². The summed E-state index contributed by atoms with van der Waals surface area (Å²) in [6, 6.07) is 5.55. The highest BCUT2D eigenvalue weighted by atomic mass is 16.5. The van der Waals surface area contributed by atoms with Crippen LogP contribution in [0.25, 0.3) is 6.08 Å².